The smallest absolute Gasteiger partial charge is 0.00387 e. The average Bonchev–Trinajstić information content (AvgIpc) is 2.37. The summed E-state index contributed by atoms with van der Waals surface area (Å²) in [6.07, 6.45) is 4.19. The Kier molecular flexibility index (Phi) is 7.38. The largest absolute Gasteiger partial charge is 0.306 e. The standard InChI is InChI=1S/C10H21N.C7H15N/c1-8(2)11-6-5-9(3)10(4)7-11;1-7-3-5-8(2)6-4-7/h8-10H,5-7H2,1-4H3;7H,3-6H2,1-2H3. The van der Waals surface area contributed by atoms with E-state index in [0.29, 0.717) is 0 Å². The third-order valence-electron chi connectivity index (χ3n) is 5.10. The van der Waals surface area contributed by atoms with E-state index in [1.54, 1.807) is 0 Å². The van der Waals surface area contributed by atoms with Gasteiger partial charge in [-0.3, -0.25) is 0 Å². The Labute approximate surface area is 121 Å². The quantitative estimate of drug-likeness (QED) is 0.715. The minimum absolute atomic E-state index is 0.741. The van der Waals surface area contributed by atoms with Crippen LogP contribution in [0.15, 0.2) is 0 Å². The Hall–Kier alpha value is -0.0800. The summed E-state index contributed by atoms with van der Waals surface area (Å²) >= 11 is 0. The fraction of sp³-hybridized carbons (Fsp3) is 1.00. The van der Waals surface area contributed by atoms with Crippen LogP contribution in [0.1, 0.15) is 53.9 Å². The van der Waals surface area contributed by atoms with E-state index in [4.69, 9.17) is 0 Å². The molecule has 0 aromatic rings. The van der Waals surface area contributed by atoms with Gasteiger partial charge in [0.05, 0.1) is 0 Å². The maximum Gasteiger partial charge on any atom is 0.00387 e. The highest BCUT2D eigenvalue weighted by atomic mass is 15.2. The molecule has 2 heterocycles. The molecule has 2 fully saturated rings. The van der Waals surface area contributed by atoms with E-state index in [1.807, 2.05) is 0 Å². The lowest BCUT2D eigenvalue weighted by molar-refractivity contribution is 0.110. The van der Waals surface area contributed by atoms with Gasteiger partial charge in [-0.15, -0.1) is 0 Å². The summed E-state index contributed by atoms with van der Waals surface area (Å²) < 4.78 is 0. The molecule has 2 unspecified atom stereocenters. The fourth-order valence-electron chi connectivity index (χ4n) is 2.90. The predicted octanol–water partition coefficient (Wildman–Crippen LogP) is 3.72. The first-order chi connectivity index (χ1) is 8.90. The molecule has 2 rings (SSSR count). The van der Waals surface area contributed by atoms with Crippen LogP contribution in [0, 0.1) is 17.8 Å². The molecule has 0 saturated carbocycles. The lowest BCUT2D eigenvalue weighted by Crippen LogP contribution is -2.42. The molecule has 0 aromatic carbocycles. The Morgan fingerprint density at radius 1 is 0.842 bits per heavy atom. The van der Waals surface area contributed by atoms with Gasteiger partial charge in [0.15, 0.2) is 0 Å². The van der Waals surface area contributed by atoms with Crippen molar-refractivity contribution in [3.05, 3.63) is 0 Å². The molecule has 0 aromatic heterocycles. The first kappa shape index (κ1) is 17.0. The van der Waals surface area contributed by atoms with E-state index in [0.717, 1.165) is 23.8 Å². The highest BCUT2D eigenvalue weighted by molar-refractivity contribution is 4.76. The third-order valence-corrected chi connectivity index (χ3v) is 5.10. The van der Waals surface area contributed by atoms with Crippen molar-refractivity contribution in [2.75, 3.05) is 33.2 Å². The Bertz CT molecular complexity index is 221. The summed E-state index contributed by atoms with van der Waals surface area (Å²) in [6, 6.07) is 0.741. The molecule has 2 aliphatic heterocycles. The highest BCUT2D eigenvalue weighted by Gasteiger charge is 2.23. The van der Waals surface area contributed by atoms with E-state index in [9.17, 15) is 0 Å². The molecular weight excluding hydrogens is 232 g/mol. The summed E-state index contributed by atoms with van der Waals surface area (Å²) in [5, 5.41) is 0. The van der Waals surface area contributed by atoms with Gasteiger partial charge >= 0.3 is 0 Å². The van der Waals surface area contributed by atoms with Gasteiger partial charge in [0, 0.05) is 12.6 Å². The summed E-state index contributed by atoms with van der Waals surface area (Å²) in [5.74, 6) is 2.81. The lowest BCUT2D eigenvalue weighted by atomic mass is 9.88. The van der Waals surface area contributed by atoms with Crippen LogP contribution in [0.2, 0.25) is 0 Å². The number of nitrogens with zero attached hydrogens (tertiary/aromatic N) is 2. The van der Waals surface area contributed by atoms with Crippen LogP contribution >= 0.6 is 0 Å². The SMILES string of the molecule is CC1CCN(C(C)C)CC1C.CC1CCN(C)CC1. The lowest BCUT2D eigenvalue weighted by Gasteiger charge is -2.37. The Morgan fingerprint density at radius 3 is 1.84 bits per heavy atom. The summed E-state index contributed by atoms with van der Waals surface area (Å²) in [4.78, 5) is 4.99. The van der Waals surface area contributed by atoms with Gasteiger partial charge in [-0.2, -0.15) is 0 Å². The van der Waals surface area contributed by atoms with Gasteiger partial charge in [-0.05, 0) is 77.5 Å². The first-order valence-corrected chi connectivity index (χ1v) is 8.32. The van der Waals surface area contributed by atoms with Crippen molar-refractivity contribution in [3.8, 4) is 0 Å². The van der Waals surface area contributed by atoms with Crippen LogP contribution in [-0.4, -0.2) is 49.1 Å². The monoisotopic (exact) mass is 268 g/mol. The van der Waals surface area contributed by atoms with Crippen molar-refractivity contribution >= 4 is 0 Å². The van der Waals surface area contributed by atoms with Gasteiger partial charge in [0.1, 0.15) is 0 Å². The van der Waals surface area contributed by atoms with Crippen LogP contribution in [-0.2, 0) is 0 Å². The predicted molar refractivity (Wildman–Crippen MR) is 85.5 cm³/mol. The van der Waals surface area contributed by atoms with Gasteiger partial charge in [-0.25, -0.2) is 0 Å². The minimum atomic E-state index is 0.741. The maximum atomic E-state index is 2.59. The van der Waals surface area contributed by atoms with E-state index in [-0.39, 0.29) is 0 Å². The van der Waals surface area contributed by atoms with Crippen molar-refractivity contribution in [1.29, 1.82) is 0 Å². The van der Waals surface area contributed by atoms with Crippen molar-refractivity contribution in [2.24, 2.45) is 17.8 Å². The molecule has 0 spiro atoms. The molecule has 114 valence electrons. The molecule has 2 saturated heterocycles. The van der Waals surface area contributed by atoms with Crippen LogP contribution in [0.5, 0.6) is 0 Å². The zero-order valence-electron chi connectivity index (χ0n) is 14.2. The molecule has 0 aliphatic carbocycles. The number of hydrogen-bond acceptors (Lipinski definition) is 2. The number of piperidine rings is 2. The molecule has 0 bridgehead atoms. The van der Waals surface area contributed by atoms with E-state index in [1.165, 1.54) is 45.4 Å². The summed E-state index contributed by atoms with van der Waals surface area (Å²) in [7, 11) is 2.20. The molecular formula is C17H36N2. The second-order valence-electron chi connectivity index (χ2n) is 7.32. The molecule has 0 radical (unpaired) electrons. The van der Waals surface area contributed by atoms with E-state index >= 15 is 0 Å². The topological polar surface area (TPSA) is 6.48 Å². The molecule has 2 heteroatoms. The van der Waals surface area contributed by atoms with Crippen LogP contribution in [0.4, 0.5) is 0 Å². The first-order valence-electron chi connectivity index (χ1n) is 8.32. The van der Waals surface area contributed by atoms with Crippen molar-refractivity contribution < 1.29 is 0 Å². The van der Waals surface area contributed by atoms with Crippen LogP contribution in [0.25, 0.3) is 0 Å². The zero-order chi connectivity index (χ0) is 14.4. The van der Waals surface area contributed by atoms with E-state index < -0.39 is 0 Å². The van der Waals surface area contributed by atoms with Crippen molar-refractivity contribution in [1.82, 2.24) is 9.80 Å². The number of hydrogen-bond donors (Lipinski definition) is 0. The highest BCUT2D eigenvalue weighted by Crippen LogP contribution is 2.23. The zero-order valence-corrected chi connectivity index (χ0v) is 14.2. The van der Waals surface area contributed by atoms with Gasteiger partial charge in [0.2, 0.25) is 0 Å². The van der Waals surface area contributed by atoms with E-state index in [2.05, 4.69) is 51.5 Å². The number of likely N-dealkylation sites (tertiary alicyclic amines) is 2. The van der Waals surface area contributed by atoms with Crippen molar-refractivity contribution in [2.45, 2.75) is 59.9 Å². The third kappa shape index (κ3) is 6.27. The summed E-state index contributed by atoms with van der Waals surface area (Å²) in [6.45, 7) is 16.9. The summed E-state index contributed by atoms with van der Waals surface area (Å²) in [5.41, 5.74) is 0. The minimum Gasteiger partial charge on any atom is -0.306 e. The Morgan fingerprint density at radius 2 is 1.42 bits per heavy atom. The molecule has 0 amide bonds. The Balaban J connectivity index is 0.000000200. The van der Waals surface area contributed by atoms with Gasteiger partial charge in [0.25, 0.3) is 0 Å². The van der Waals surface area contributed by atoms with Crippen LogP contribution in [0.3, 0.4) is 0 Å². The number of rotatable bonds is 1. The second kappa shape index (κ2) is 8.26. The van der Waals surface area contributed by atoms with Crippen LogP contribution < -0.4 is 0 Å². The normalized spacial score (nSPS) is 31.1. The van der Waals surface area contributed by atoms with Gasteiger partial charge < -0.3 is 9.80 Å². The molecule has 0 N–H and O–H groups in total. The maximum absolute atomic E-state index is 2.59. The molecule has 2 nitrogen and oxygen atoms in total. The molecule has 19 heavy (non-hydrogen) atoms. The molecule has 2 atom stereocenters. The van der Waals surface area contributed by atoms with Crippen molar-refractivity contribution in [3.63, 3.8) is 0 Å². The molecule has 2 aliphatic rings. The average molecular weight is 268 g/mol. The van der Waals surface area contributed by atoms with Gasteiger partial charge in [-0.1, -0.05) is 20.8 Å². The second-order valence-corrected chi connectivity index (χ2v) is 7.32. The fourth-order valence-corrected chi connectivity index (χ4v) is 2.90.